The average molecular weight is 260 g/mol. The Morgan fingerprint density at radius 2 is 1.79 bits per heavy atom. The largest absolute Gasteiger partial charge is 0.316 e. The summed E-state index contributed by atoms with van der Waals surface area (Å²) in [6, 6.07) is 8.94. The molecule has 0 aliphatic carbocycles. The van der Waals surface area contributed by atoms with Crippen LogP contribution in [0.5, 0.6) is 0 Å². The van der Waals surface area contributed by atoms with E-state index >= 15 is 0 Å². The number of nitrogens with zero attached hydrogens (tertiary/aromatic N) is 1. The molecular formula is C17H28N2. The summed E-state index contributed by atoms with van der Waals surface area (Å²) in [6.45, 7) is 10.5. The Morgan fingerprint density at radius 1 is 1.16 bits per heavy atom. The summed E-state index contributed by atoms with van der Waals surface area (Å²) in [5.74, 6) is 0.743. The van der Waals surface area contributed by atoms with Crippen molar-refractivity contribution < 1.29 is 0 Å². The lowest BCUT2D eigenvalue weighted by Gasteiger charge is -2.24. The SMILES string of the molecule is CCCNCC(C)CN1CCc2ccccc2CC1. The van der Waals surface area contributed by atoms with Crippen molar-refractivity contribution in [3.63, 3.8) is 0 Å². The highest BCUT2D eigenvalue weighted by atomic mass is 15.1. The number of rotatable bonds is 6. The van der Waals surface area contributed by atoms with Gasteiger partial charge in [0.1, 0.15) is 0 Å². The van der Waals surface area contributed by atoms with Crippen LogP contribution in [0.15, 0.2) is 24.3 Å². The molecular weight excluding hydrogens is 232 g/mol. The van der Waals surface area contributed by atoms with Crippen LogP contribution in [0.4, 0.5) is 0 Å². The third-order valence-electron chi connectivity index (χ3n) is 4.00. The fraction of sp³-hybridized carbons (Fsp3) is 0.647. The number of hydrogen-bond acceptors (Lipinski definition) is 2. The van der Waals surface area contributed by atoms with Crippen molar-refractivity contribution in [3.05, 3.63) is 35.4 Å². The van der Waals surface area contributed by atoms with E-state index in [1.54, 1.807) is 11.1 Å². The Bertz CT molecular complexity index is 348. The molecule has 106 valence electrons. The first-order valence-corrected chi connectivity index (χ1v) is 7.79. The molecule has 19 heavy (non-hydrogen) atoms. The van der Waals surface area contributed by atoms with Gasteiger partial charge < -0.3 is 10.2 Å². The number of benzene rings is 1. The zero-order valence-electron chi connectivity index (χ0n) is 12.5. The molecule has 0 radical (unpaired) electrons. The van der Waals surface area contributed by atoms with E-state index in [0.717, 1.165) is 19.0 Å². The Labute approximate surface area is 118 Å². The van der Waals surface area contributed by atoms with Crippen LogP contribution in [0.25, 0.3) is 0 Å². The minimum atomic E-state index is 0.743. The standard InChI is InChI=1S/C17H28N2/c1-3-10-18-13-15(2)14-19-11-8-16-6-4-5-7-17(16)9-12-19/h4-7,15,18H,3,8-14H2,1-2H3. The molecule has 1 aliphatic rings. The van der Waals surface area contributed by atoms with E-state index in [4.69, 9.17) is 0 Å². The molecule has 2 nitrogen and oxygen atoms in total. The monoisotopic (exact) mass is 260 g/mol. The van der Waals surface area contributed by atoms with Crippen molar-refractivity contribution in [2.75, 3.05) is 32.7 Å². The van der Waals surface area contributed by atoms with Crippen LogP contribution in [-0.4, -0.2) is 37.6 Å². The Hall–Kier alpha value is -0.860. The van der Waals surface area contributed by atoms with Crippen molar-refractivity contribution in [1.29, 1.82) is 0 Å². The lowest BCUT2D eigenvalue weighted by molar-refractivity contribution is 0.245. The number of hydrogen-bond donors (Lipinski definition) is 1. The molecule has 1 aromatic rings. The van der Waals surface area contributed by atoms with Crippen LogP contribution in [0.2, 0.25) is 0 Å². The number of nitrogens with one attached hydrogen (secondary N) is 1. The molecule has 1 unspecified atom stereocenters. The van der Waals surface area contributed by atoms with Gasteiger partial charge in [-0.15, -0.1) is 0 Å². The molecule has 0 saturated carbocycles. The van der Waals surface area contributed by atoms with Gasteiger partial charge in [0.05, 0.1) is 0 Å². The maximum absolute atomic E-state index is 3.53. The van der Waals surface area contributed by atoms with Crippen LogP contribution in [-0.2, 0) is 12.8 Å². The van der Waals surface area contributed by atoms with Gasteiger partial charge in [-0.3, -0.25) is 0 Å². The quantitative estimate of drug-likeness (QED) is 0.791. The lowest BCUT2D eigenvalue weighted by Crippen LogP contribution is -2.35. The molecule has 1 aromatic carbocycles. The molecule has 2 rings (SSSR count). The van der Waals surface area contributed by atoms with Crippen molar-refractivity contribution in [3.8, 4) is 0 Å². The first-order chi connectivity index (χ1) is 9.29. The summed E-state index contributed by atoms with van der Waals surface area (Å²) < 4.78 is 0. The molecule has 1 atom stereocenters. The normalized spacial score (nSPS) is 17.8. The molecule has 0 bridgehead atoms. The predicted octanol–water partition coefficient (Wildman–Crippen LogP) is 2.72. The second kappa shape index (κ2) is 7.66. The second-order valence-electron chi connectivity index (χ2n) is 5.88. The summed E-state index contributed by atoms with van der Waals surface area (Å²) in [4.78, 5) is 2.64. The van der Waals surface area contributed by atoms with Gasteiger partial charge in [0.2, 0.25) is 0 Å². The smallest absolute Gasteiger partial charge is 0.00222 e. The number of fused-ring (bicyclic) bond motifs is 1. The molecule has 0 aromatic heterocycles. The molecule has 0 amide bonds. The van der Waals surface area contributed by atoms with E-state index in [9.17, 15) is 0 Å². The summed E-state index contributed by atoms with van der Waals surface area (Å²) >= 11 is 0. The Kier molecular flexibility index (Phi) is 5.87. The third kappa shape index (κ3) is 4.63. The van der Waals surface area contributed by atoms with Crippen LogP contribution in [0.1, 0.15) is 31.4 Å². The molecule has 2 heteroatoms. The highest BCUT2D eigenvalue weighted by Crippen LogP contribution is 2.16. The maximum Gasteiger partial charge on any atom is 0.00222 e. The van der Waals surface area contributed by atoms with Gasteiger partial charge in [0, 0.05) is 19.6 Å². The van der Waals surface area contributed by atoms with Crippen molar-refractivity contribution in [1.82, 2.24) is 10.2 Å². The van der Waals surface area contributed by atoms with Gasteiger partial charge in [0.25, 0.3) is 0 Å². The van der Waals surface area contributed by atoms with Crippen molar-refractivity contribution >= 4 is 0 Å². The first kappa shape index (κ1) is 14.5. The van der Waals surface area contributed by atoms with Crippen LogP contribution >= 0.6 is 0 Å². The molecule has 0 spiro atoms. The van der Waals surface area contributed by atoms with Crippen molar-refractivity contribution in [2.24, 2.45) is 5.92 Å². The van der Waals surface area contributed by atoms with E-state index in [2.05, 4.69) is 48.3 Å². The minimum absolute atomic E-state index is 0.743. The fourth-order valence-electron chi connectivity index (χ4n) is 2.93. The topological polar surface area (TPSA) is 15.3 Å². The van der Waals surface area contributed by atoms with Gasteiger partial charge in [-0.05, 0) is 49.4 Å². The molecule has 1 heterocycles. The predicted molar refractivity (Wildman–Crippen MR) is 82.6 cm³/mol. The van der Waals surface area contributed by atoms with Crippen molar-refractivity contribution in [2.45, 2.75) is 33.1 Å². The average Bonchev–Trinajstić information content (AvgIpc) is 2.62. The summed E-state index contributed by atoms with van der Waals surface area (Å²) in [6.07, 6.45) is 3.66. The lowest BCUT2D eigenvalue weighted by atomic mass is 10.0. The second-order valence-corrected chi connectivity index (χ2v) is 5.88. The minimum Gasteiger partial charge on any atom is -0.316 e. The van der Waals surface area contributed by atoms with E-state index in [1.807, 2.05) is 0 Å². The van der Waals surface area contributed by atoms with E-state index in [-0.39, 0.29) is 0 Å². The van der Waals surface area contributed by atoms with Crippen LogP contribution in [0, 0.1) is 5.92 Å². The summed E-state index contributed by atoms with van der Waals surface area (Å²) in [7, 11) is 0. The zero-order valence-corrected chi connectivity index (χ0v) is 12.5. The van der Waals surface area contributed by atoms with Gasteiger partial charge in [0.15, 0.2) is 0 Å². The molecule has 0 fully saturated rings. The molecule has 0 saturated heterocycles. The third-order valence-corrected chi connectivity index (χ3v) is 4.00. The van der Waals surface area contributed by atoms with Crippen LogP contribution in [0.3, 0.4) is 0 Å². The Balaban J connectivity index is 1.78. The van der Waals surface area contributed by atoms with Gasteiger partial charge in [-0.2, -0.15) is 0 Å². The fourth-order valence-corrected chi connectivity index (χ4v) is 2.93. The summed E-state index contributed by atoms with van der Waals surface area (Å²) in [5.41, 5.74) is 3.11. The Morgan fingerprint density at radius 3 is 2.37 bits per heavy atom. The molecule has 1 N–H and O–H groups in total. The highest BCUT2D eigenvalue weighted by molar-refractivity contribution is 5.28. The maximum atomic E-state index is 3.53. The summed E-state index contributed by atoms with van der Waals surface area (Å²) in [5, 5.41) is 3.53. The zero-order chi connectivity index (χ0) is 13.5. The van der Waals surface area contributed by atoms with Crippen LogP contribution < -0.4 is 5.32 Å². The van der Waals surface area contributed by atoms with Gasteiger partial charge in [-0.25, -0.2) is 0 Å². The molecule has 1 aliphatic heterocycles. The van der Waals surface area contributed by atoms with E-state index in [1.165, 1.54) is 38.9 Å². The van der Waals surface area contributed by atoms with Gasteiger partial charge in [-0.1, -0.05) is 38.1 Å². The highest BCUT2D eigenvalue weighted by Gasteiger charge is 2.15. The first-order valence-electron chi connectivity index (χ1n) is 7.79. The van der Waals surface area contributed by atoms with Gasteiger partial charge >= 0.3 is 0 Å². The van der Waals surface area contributed by atoms with E-state index < -0.39 is 0 Å². The van der Waals surface area contributed by atoms with E-state index in [0.29, 0.717) is 0 Å².